The highest BCUT2D eigenvalue weighted by molar-refractivity contribution is 5.64. The van der Waals surface area contributed by atoms with Gasteiger partial charge in [-0.25, -0.2) is 0 Å². The third-order valence-corrected chi connectivity index (χ3v) is 4.94. The van der Waals surface area contributed by atoms with Gasteiger partial charge in [-0.2, -0.15) is 9.97 Å². The van der Waals surface area contributed by atoms with Crippen LogP contribution in [0.4, 0.5) is 0 Å². The maximum absolute atomic E-state index is 5.96. The molecule has 0 radical (unpaired) electrons. The van der Waals surface area contributed by atoms with Gasteiger partial charge in [0.05, 0.1) is 18.0 Å². The van der Waals surface area contributed by atoms with Crippen LogP contribution in [-0.4, -0.2) is 16.6 Å². The van der Waals surface area contributed by atoms with Crippen LogP contribution in [0.2, 0.25) is 0 Å². The molecule has 1 aromatic carbocycles. The molecule has 0 fully saturated rings. The van der Waals surface area contributed by atoms with Crippen molar-refractivity contribution < 1.29 is 4.74 Å². The highest BCUT2D eigenvalue weighted by Gasteiger charge is 2.18. The fourth-order valence-electron chi connectivity index (χ4n) is 3.43. The largest absolute Gasteiger partial charge is 0.463 e. The van der Waals surface area contributed by atoms with Gasteiger partial charge in [-0.3, -0.25) is 0 Å². The lowest BCUT2D eigenvalue weighted by molar-refractivity contribution is 0.250. The lowest BCUT2D eigenvalue weighted by Gasteiger charge is -2.18. The summed E-state index contributed by atoms with van der Waals surface area (Å²) in [5, 5.41) is 0. The predicted octanol–water partition coefficient (Wildman–Crippen LogP) is 6.34. The monoisotopic (exact) mass is 376 g/mol. The van der Waals surface area contributed by atoms with Gasteiger partial charge in [0, 0.05) is 17.5 Å². The van der Waals surface area contributed by atoms with Crippen LogP contribution >= 0.6 is 0 Å². The van der Waals surface area contributed by atoms with Gasteiger partial charge in [0.1, 0.15) is 0 Å². The Morgan fingerprint density at radius 3 is 2.61 bits per heavy atom. The number of aromatic nitrogens is 2. The van der Waals surface area contributed by atoms with Crippen LogP contribution in [0.5, 0.6) is 6.01 Å². The fourth-order valence-corrected chi connectivity index (χ4v) is 3.43. The van der Waals surface area contributed by atoms with Gasteiger partial charge in [0.2, 0.25) is 0 Å². The van der Waals surface area contributed by atoms with Crippen molar-refractivity contribution in [2.45, 2.75) is 59.3 Å². The van der Waals surface area contributed by atoms with E-state index in [1.807, 2.05) is 6.07 Å². The van der Waals surface area contributed by atoms with E-state index in [9.17, 15) is 0 Å². The van der Waals surface area contributed by atoms with Crippen molar-refractivity contribution in [1.82, 2.24) is 9.97 Å². The zero-order chi connectivity index (χ0) is 19.8. The van der Waals surface area contributed by atoms with Crippen molar-refractivity contribution in [1.29, 1.82) is 0 Å². The van der Waals surface area contributed by atoms with Crippen molar-refractivity contribution in [2.24, 2.45) is 5.92 Å². The lowest BCUT2D eigenvalue weighted by Crippen LogP contribution is -2.12. The molecule has 3 rings (SSSR count). The summed E-state index contributed by atoms with van der Waals surface area (Å²) in [6.07, 6.45) is 13.0. The minimum absolute atomic E-state index is 0.443. The number of ether oxygens (including phenoxy) is 1. The minimum Gasteiger partial charge on any atom is -0.463 e. The maximum Gasteiger partial charge on any atom is 0.317 e. The van der Waals surface area contributed by atoms with Crippen LogP contribution in [0.15, 0.2) is 54.1 Å². The Bertz CT molecular complexity index is 822. The smallest absolute Gasteiger partial charge is 0.317 e. The van der Waals surface area contributed by atoms with Gasteiger partial charge < -0.3 is 4.74 Å². The Kier molecular flexibility index (Phi) is 7.41. The summed E-state index contributed by atoms with van der Waals surface area (Å²) in [6, 6.07) is 11.0. The van der Waals surface area contributed by atoms with Gasteiger partial charge in [-0.1, -0.05) is 81.3 Å². The lowest BCUT2D eigenvalue weighted by atomic mass is 9.94. The molecular weight excluding hydrogens is 344 g/mol. The molecule has 0 saturated carbocycles. The summed E-state index contributed by atoms with van der Waals surface area (Å²) in [5.41, 5.74) is 6.02. The molecule has 0 bridgehead atoms. The van der Waals surface area contributed by atoms with Crippen LogP contribution in [0, 0.1) is 5.92 Å². The van der Waals surface area contributed by atoms with Crippen molar-refractivity contribution >= 4 is 0 Å². The first-order chi connectivity index (χ1) is 13.7. The topological polar surface area (TPSA) is 35.0 Å². The molecule has 2 aromatic rings. The van der Waals surface area contributed by atoms with Crippen molar-refractivity contribution in [3.8, 4) is 17.3 Å². The van der Waals surface area contributed by atoms with Crippen molar-refractivity contribution in [2.75, 3.05) is 6.61 Å². The molecular formula is C25H32N2O. The molecule has 0 spiro atoms. The minimum atomic E-state index is 0.443. The summed E-state index contributed by atoms with van der Waals surface area (Å²) in [5.74, 6) is 0.443. The molecule has 1 aliphatic carbocycles. The number of hydrogen-bond acceptors (Lipinski definition) is 3. The Hall–Kier alpha value is -2.42. The molecule has 0 saturated heterocycles. The molecule has 148 valence electrons. The highest BCUT2D eigenvalue weighted by atomic mass is 16.5. The van der Waals surface area contributed by atoms with E-state index in [4.69, 9.17) is 14.7 Å². The first kappa shape index (κ1) is 20.3. The molecule has 0 atom stereocenters. The molecule has 3 heteroatoms. The highest BCUT2D eigenvalue weighted by Crippen LogP contribution is 2.30. The summed E-state index contributed by atoms with van der Waals surface area (Å²) in [7, 11) is 0. The molecule has 1 aliphatic rings. The Morgan fingerprint density at radius 2 is 1.93 bits per heavy atom. The second-order valence-corrected chi connectivity index (χ2v) is 7.92. The molecule has 1 aromatic heterocycles. The first-order valence-electron chi connectivity index (χ1n) is 10.6. The molecule has 1 heterocycles. The van der Waals surface area contributed by atoms with E-state index in [1.165, 1.54) is 11.1 Å². The number of unbranched alkanes of at least 4 members (excludes halogenated alkanes) is 1. The molecule has 0 unspecified atom stereocenters. The van der Waals surface area contributed by atoms with Gasteiger partial charge in [0.15, 0.2) is 0 Å². The normalized spacial score (nSPS) is 13.6. The van der Waals surface area contributed by atoms with Crippen LogP contribution < -0.4 is 4.74 Å². The molecule has 3 nitrogen and oxygen atoms in total. The van der Waals surface area contributed by atoms with Gasteiger partial charge >= 0.3 is 6.01 Å². The van der Waals surface area contributed by atoms with E-state index in [1.54, 1.807) is 0 Å². The fraction of sp³-hybridized carbons (Fsp3) is 0.440. The van der Waals surface area contributed by atoms with Crippen LogP contribution in [0.3, 0.4) is 0 Å². The Morgan fingerprint density at radius 1 is 1.11 bits per heavy atom. The summed E-state index contributed by atoms with van der Waals surface area (Å²) in [6.45, 7) is 7.16. The SMILES string of the molecule is CCCCc1c(CC2=CC=CCC2)nc(OCC(C)C)nc1-c1ccccc1. The van der Waals surface area contributed by atoms with E-state index < -0.39 is 0 Å². The molecule has 0 aliphatic heterocycles. The van der Waals surface area contributed by atoms with E-state index >= 15 is 0 Å². The van der Waals surface area contributed by atoms with Crippen molar-refractivity contribution in [3.05, 3.63) is 65.4 Å². The summed E-state index contributed by atoms with van der Waals surface area (Å²) < 4.78 is 5.96. The molecule has 28 heavy (non-hydrogen) atoms. The average molecular weight is 377 g/mol. The van der Waals surface area contributed by atoms with E-state index in [0.717, 1.165) is 55.5 Å². The number of nitrogens with zero attached hydrogens (tertiary/aromatic N) is 2. The second kappa shape index (κ2) is 10.2. The number of benzene rings is 1. The number of rotatable bonds is 9. The quantitative estimate of drug-likeness (QED) is 0.512. The predicted molar refractivity (Wildman–Crippen MR) is 117 cm³/mol. The second-order valence-electron chi connectivity index (χ2n) is 7.92. The third kappa shape index (κ3) is 5.54. The summed E-state index contributed by atoms with van der Waals surface area (Å²) in [4.78, 5) is 9.73. The van der Waals surface area contributed by atoms with E-state index in [-0.39, 0.29) is 0 Å². The molecule has 0 N–H and O–H groups in total. The zero-order valence-corrected chi connectivity index (χ0v) is 17.4. The number of hydrogen-bond donors (Lipinski definition) is 0. The van der Waals surface area contributed by atoms with Crippen LogP contribution in [0.1, 0.15) is 57.7 Å². The van der Waals surface area contributed by atoms with E-state index in [0.29, 0.717) is 18.5 Å². The average Bonchev–Trinajstić information content (AvgIpc) is 2.72. The molecule has 0 amide bonds. The number of allylic oxidation sites excluding steroid dienone is 4. The van der Waals surface area contributed by atoms with Crippen LogP contribution in [-0.2, 0) is 12.8 Å². The maximum atomic E-state index is 5.96. The Labute approximate surface area is 169 Å². The van der Waals surface area contributed by atoms with Crippen LogP contribution in [0.25, 0.3) is 11.3 Å². The zero-order valence-electron chi connectivity index (χ0n) is 17.4. The third-order valence-electron chi connectivity index (χ3n) is 4.94. The first-order valence-corrected chi connectivity index (χ1v) is 10.6. The Balaban J connectivity index is 2.05. The van der Waals surface area contributed by atoms with Gasteiger partial charge in [-0.05, 0) is 31.6 Å². The van der Waals surface area contributed by atoms with Gasteiger partial charge in [-0.15, -0.1) is 0 Å². The van der Waals surface area contributed by atoms with Gasteiger partial charge in [0.25, 0.3) is 0 Å². The van der Waals surface area contributed by atoms with Crippen molar-refractivity contribution in [3.63, 3.8) is 0 Å². The summed E-state index contributed by atoms with van der Waals surface area (Å²) >= 11 is 0. The standard InChI is InChI=1S/C25H32N2O/c1-4-5-16-22-23(17-20-12-8-6-9-13-20)26-25(28-18-19(2)3)27-24(22)21-14-10-7-11-15-21/h6-8,10-12,14-15,19H,4-5,9,13,16-18H2,1-3H3. The van der Waals surface area contributed by atoms with E-state index in [2.05, 4.69) is 63.3 Å².